The van der Waals surface area contributed by atoms with Crippen LogP contribution >= 0.6 is 23.1 Å². The number of rotatable bonds is 7. The second-order valence-corrected chi connectivity index (χ2v) is 7.99. The lowest BCUT2D eigenvalue weighted by Crippen LogP contribution is -2.38. The SMILES string of the molecule is CCC(Sc1nc2sc(C(=O)OC)c(C)c2c(=O)n1N)C(=O)N(CC)CC. The molecule has 2 aromatic heterocycles. The van der Waals surface area contributed by atoms with Gasteiger partial charge in [-0.05, 0) is 32.8 Å². The van der Waals surface area contributed by atoms with Gasteiger partial charge in [0, 0.05) is 13.1 Å². The van der Waals surface area contributed by atoms with Crippen molar-refractivity contribution in [3.63, 3.8) is 0 Å². The molecule has 0 radical (unpaired) electrons. The Balaban J connectivity index is 2.50. The van der Waals surface area contributed by atoms with E-state index in [1.54, 1.807) is 11.8 Å². The monoisotopic (exact) mass is 412 g/mol. The lowest BCUT2D eigenvalue weighted by atomic mass is 10.2. The normalized spacial score (nSPS) is 12.2. The van der Waals surface area contributed by atoms with Gasteiger partial charge in [0.05, 0.1) is 17.7 Å². The Morgan fingerprint density at radius 1 is 1.33 bits per heavy atom. The number of thioether (sulfide) groups is 1. The summed E-state index contributed by atoms with van der Waals surface area (Å²) >= 11 is 2.26. The number of carbonyl (C=O) groups excluding carboxylic acids is 2. The van der Waals surface area contributed by atoms with E-state index in [1.807, 2.05) is 20.8 Å². The fourth-order valence-electron chi connectivity index (χ4n) is 2.72. The zero-order valence-corrected chi connectivity index (χ0v) is 17.7. The summed E-state index contributed by atoms with van der Waals surface area (Å²) in [5.41, 5.74) is 0.0536. The Hall–Kier alpha value is -2.07. The Morgan fingerprint density at radius 3 is 2.48 bits per heavy atom. The molecule has 2 N–H and O–H groups in total. The molecule has 1 atom stereocenters. The van der Waals surface area contributed by atoms with Gasteiger partial charge < -0.3 is 15.5 Å². The molecule has 10 heteroatoms. The molecule has 2 aromatic rings. The van der Waals surface area contributed by atoms with Crippen LogP contribution in [0.15, 0.2) is 9.95 Å². The molecule has 0 aliphatic rings. The van der Waals surface area contributed by atoms with Crippen LogP contribution in [-0.2, 0) is 9.53 Å². The van der Waals surface area contributed by atoms with E-state index in [1.165, 1.54) is 18.9 Å². The number of esters is 1. The summed E-state index contributed by atoms with van der Waals surface area (Å²) in [6.45, 7) is 8.64. The molecule has 0 aromatic carbocycles. The van der Waals surface area contributed by atoms with E-state index in [0.717, 1.165) is 16.0 Å². The van der Waals surface area contributed by atoms with Gasteiger partial charge in [-0.15, -0.1) is 11.3 Å². The third-order valence-electron chi connectivity index (χ3n) is 4.30. The van der Waals surface area contributed by atoms with E-state index < -0.39 is 16.8 Å². The van der Waals surface area contributed by atoms with Gasteiger partial charge in [0.25, 0.3) is 5.56 Å². The summed E-state index contributed by atoms with van der Waals surface area (Å²) in [4.78, 5) is 44.2. The van der Waals surface area contributed by atoms with Crippen molar-refractivity contribution in [1.82, 2.24) is 14.6 Å². The van der Waals surface area contributed by atoms with Crippen LogP contribution in [0.2, 0.25) is 0 Å². The zero-order chi connectivity index (χ0) is 20.3. The van der Waals surface area contributed by atoms with E-state index in [0.29, 0.717) is 40.2 Å². The first-order chi connectivity index (χ1) is 12.8. The van der Waals surface area contributed by atoms with E-state index >= 15 is 0 Å². The van der Waals surface area contributed by atoms with Gasteiger partial charge in [0.2, 0.25) is 5.91 Å². The number of hydrogen-bond donors (Lipinski definition) is 1. The van der Waals surface area contributed by atoms with Crippen molar-refractivity contribution in [3.8, 4) is 0 Å². The molecule has 148 valence electrons. The fraction of sp³-hybridized carbons (Fsp3) is 0.529. The number of amides is 1. The van der Waals surface area contributed by atoms with Gasteiger partial charge in [-0.2, -0.15) is 0 Å². The van der Waals surface area contributed by atoms with Gasteiger partial charge in [-0.25, -0.2) is 14.5 Å². The number of carbonyl (C=O) groups is 2. The fourth-order valence-corrected chi connectivity index (χ4v) is 4.88. The number of methoxy groups -OCH3 is 1. The summed E-state index contributed by atoms with van der Waals surface area (Å²) in [6.07, 6.45) is 0.574. The molecule has 2 rings (SSSR count). The highest BCUT2D eigenvalue weighted by molar-refractivity contribution is 8.00. The van der Waals surface area contributed by atoms with Crippen molar-refractivity contribution in [1.29, 1.82) is 0 Å². The molecule has 8 nitrogen and oxygen atoms in total. The molecule has 0 fully saturated rings. The Kier molecular flexibility index (Phi) is 6.88. The summed E-state index contributed by atoms with van der Waals surface area (Å²) < 4.78 is 5.71. The first-order valence-electron chi connectivity index (χ1n) is 8.65. The minimum atomic E-state index is -0.518. The average molecular weight is 413 g/mol. The first kappa shape index (κ1) is 21.2. The van der Waals surface area contributed by atoms with Gasteiger partial charge in [-0.1, -0.05) is 18.7 Å². The number of fused-ring (bicyclic) bond motifs is 1. The van der Waals surface area contributed by atoms with Gasteiger partial charge in [-0.3, -0.25) is 9.59 Å². The van der Waals surface area contributed by atoms with E-state index in [-0.39, 0.29) is 11.1 Å². The van der Waals surface area contributed by atoms with Crippen LogP contribution < -0.4 is 11.4 Å². The summed E-state index contributed by atoms with van der Waals surface area (Å²) in [7, 11) is 1.28. The van der Waals surface area contributed by atoms with Crippen molar-refractivity contribution in [3.05, 3.63) is 20.8 Å². The van der Waals surface area contributed by atoms with Crippen LogP contribution in [0.3, 0.4) is 0 Å². The second kappa shape index (κ2) is 8.75. The highest BCUT2D eigenvalue weighted by atomic mass is 32.2. The number of hydrogen-bond acceptors (Lipinski definition) is 8. The molecule has 0 aliphatic carbocycles. The Labute approximate surface area is 165 Å². The predicted molar refractivity (Wildman–Crippen MR) is 108 cm³/mol. The summed E-state index contributed by atoms with van der Waals surface area (Å²) in [5.74, 6) is 5.43. The van der Waals surface area contributed by atoms with Crippen molar-refractivity contribution in [2.45, 2.75) is 44.5 Å². The maximum Gasteiger partial charge on any atom is 0.348 e. The van der Waals surface area contributed by atoms with Crippen LogP contribution in [0.1, 0.15) is 42.4 Å². The summed E-state index contributed by atoms with van der Waals surface area (Å²) in [6, 6.07) is 0. The maximum atomic E-state index is 12.7. The van der Waals surface area contributed by atoms with E-state index in [9.17, 15) is 14.4 Å². The highest BCUT2D eigenvalue weighted by Gasteiger charge is 2.26. The summed E-state index contributed by atoms with van der Waals surface area (Å²) in [5, 5.41) is 0.151. The largest absolute Gasteiger partial charge is 0.465 e. The van der Waals surface area contributed by atoms with E-state index in [2.05, 4.69) is 4.98 Å². The van der Waals surface area contributed by atoms with Crippen LogP contribution in [-0.4, -0.2) is 51.9 Å². The Morgan fingerprint density at radius 2 is 1.96 bits per heavy atom. The number of ether oxygens (including phenoxy) is 1. The van der Waals surface area contributed by atoms with Gasteiger partial charge in [0.15, 0.2) is 5.16 Å². The number of aryl methyl sites for hydroxylation is 1. The molecule has 1 amide bonds. The lowest BCUT2D eigenvalue weighted by Gasteiger charge is -2.24. The molecule has 27 heavy (non-hydrogen) atoms. The minimum absolute atomic E-state index is 0.0144. The smallest absolute Gasteiger partial charge is 0.348 e. The molecule has 0 aliphatic heterocycles. The van der Waals surface area contributed by atoms with E-state index in [4.69, 9.17) is 10.6 Å². The molecule has 0 saturated heterocycles. The molecule has 0 spiro atoms. The van der Waals surface area contributed by atoms with Crippen molar-refractivity contribution in [2.24, 2.45) is 0 Å². The maximum absolute atomic E-state index is 12.7. The van der Waals surface area contributed by atoms with Crippen LogP contribution in [0.5, 0.6) is 0 Å². The quantitative estimate of drug-likeness (QED) is 0.321. The number of aromatic nitrogens is 2. The minimum Gasteiger partial charge on any atom is -0.465 e. The lowest BCUT2D eigenvalue weighted by molar-refractivity contribution is -0.130. The first-order valence-corrected chi connectivity index (χ1v) is 10.3. The number of nitrogens with zero attached hydrogens (tertiary/aromatic N) is 3. The predicted octanol–water partition coefficient (Wildman–Crippen LogP) is 2.01. The van der Waals surface area contributed by atoms with Gasteiger partial charge in [0.1, 0.15) is 9.71 Å². The molecule has 1 unspecified atom stereocenters. The zero-order valence-electron chi connectivity index (χ0n) is 16.1. The van der Waals surface area contributed by atoms with Gasteiger partial charge >= 0.3 is 5.97 Å². The molecular weight excluding hydrogens is 388 g/mol. The van der Waals surface area contributed by atoms with Crippen LogP contribution in [0.25, 0.3) is 10.2 Å². The molecule has 0 bridgehead atoms. The highest BCUT2D eigenvalue weighted by Crippen LogP contribution is 2.31. The average Bonchev–Trinajstić information content (AvgIpc) is 3.00. The molecule has 0 saturated carbocycles. The van der Waals surface area contributed by atoms with Crippen molar-refractivity contribution in [2.75, 3.05) is 26.0 Å². The number of thiophene rings is 1. The third-order valence-corrected chi connectivity index (χ3v) is 6.79. The van der Waals surface area contributed by atoms with Crippen LogP contribution in [0, 0.1) is 6.92 Å². The van der Waals surface area contributed by atoms with Crippen molar-refractivity contribution >= 4 is 45.2 Å². The third kappa shape index (κ3) is 3.96. The topological polar surface area (TPSA) is 108 Å². The Bertz CT molecular complexity index is 918. The second-order valence-electron chi connectivity index (χ2n) is 5.82. The van der Waals surface area contributed by atoms with Crippen molar-refractivity contribution < 1.29 is 14.3 Å². The van der Waals surface area contributed by atoms with Crippen LogP contribution in [0.4, 0.5) is 0 Å². The molecule has 2 heterocycles. The number of nitrogen functional groups attached to an aromatic ring is 1. The molecular formula is C17H24N4O4S2. The standard InChI is InChI=1S/C17H24N4O4S2/c1-6-10(14(22)20(7-2)8-3)26-17-19-13-11(15(23)21(17)18)9(4)12(27-13)16(24)25-5/h10H,6-8,18H2,1-5H3. The number of nitrogens with two attached hydrogens (primary N) is 1.